The van der Waals surface area contributed by atoms with Gasteiger partial charge in [0.25, 0.3) is 0 Å². The maximum Gasteiger partial charge on any atom is 0.339 e. The maximum atomic E-state index is 13.0. The molecular weight excluding hydrogens is 950 g/mol. The molecule has 2 unspecified atom stereocenters. The van der Waals surface area contributed by atoms with Crippen molar-refractivity contribution < 1.29 is 33.4 Å². The van der Waals surface area contributed by atoms with Crippen LogP contribution in [-0.2, 0) is 15.9 Å². The van der Waals surface area contributed by atoms with Crippen molar-refractivity contribution in [3.05, 3.63) is 101 Å². The number of ketones is 1. The quantitative estimate of drug-likeness (QED) is 0.0302. The number of hydrogen-bond donors (Lipinski definition) is 1. The number of aryl methyl sites for hydroxylation is 1. The fraction of sp³-hybridized carbons (Fsp3) is 0.489. The highest BCUT2D eigenvalue weighted by Gasteiger charge is 2.23. The lowest BCUT2D eigenvalue weighted by Crippen LogP contribution is -2.19. The van der Waals surface area contributed by atoms with Gasteiger partial charge in [0, 0.05) is 30.5 Å². The minimum Gasteiger partial charge on any atom is -0.506 e. The lowest BCUT2D eigenvalue weighted by molar-refractivity contribution is 0.0381. The zero-order valence-electron chi connectivity index (χ0n) is 34.6. The fourth-order valence-electron chi connectivity index (χ4n) is 5.95. The summed E-state index contributed by atoms with van der Waals surface area (Å²) in [7, 11) is 0. The van der Waals surface area contributed by atoms with E-state index in [1.807, 2.05) is 90.2 Å². The zero-order chi connectivity index (χ0) is 42.3. The average molecular weight is 1010 g/mol. The minimum atomic E-state index is -0.444. The van der Waals surface area contributed by atoms with E-state index in [0.29, 0.717) is 79.7 Å². The second-order valence-corrected chi connectivity index (χ2v) is 16.0. The van der Waals surface area contributed by atoms with Crippen molar-refractivity contribution in [3.8, 4) is 5.75 Å². The summed E-state index contributed by atoms with van der Waals surface area (Å²) < 4.78 is 18.2. The smallest absolute Gasteiger partial charge is 0.339 e. The number of esters is 2. The number of nitroso groups, excluding NO2 is 1. The number of ether oxygens (including phenoxy) is 2. The number of phenols is 1. The molecule has 0 aliphatic rings. The Bertz CT molecular complexity index is 1780. The van der Waals surface area contributed by atoms with Crippen molar-refractivity contribution in [2.45, 2.75) is 106 Å². The molecule has 0 saturated carbocycles. The van der Waals surface area contributed by atoms with E-state index in [1.165, 1.54) is 5.01 Å². The molecule has 0 spiro atoms. The summed E-state index contributed by atoms with van der Waals surface area (Å²) in [5, 5.41) is 14.9. The van der Waals surface area contributed by atoms with Crippen LogP contribution in [0, 0.1) is 23.9 Å². The van der Waals surface area contributed by atoms with Crippen LogP contribution in [0.1, 0.15) is 142 Å². The number of carbonyl (C=O) groups excluding carboxylic acids is 3. The maximum absolute atomic E-state index is 13.0. The van der Waals surface area contributed by atoms with Gasteiger partial charge in [0.2, 0.25) is 0 Å². The molecule has 1 heterocycles. The highest BCUT2D eigenvalue weighted by molar-refractivity contribution is 14.1. The van der Waals surface area contributed by atoms with Gasteiger partial charge in [0.15, 0.2) is 5.78 Å². The van der Waals surface area contributed by atoms with Crippen LogP contribution in [0.25, 0.3) is 11.0 Å². The zero-order valence-corrected chi connectivity index (χ0v) is 38.9. The van der Waals surface area contributed by atoms with Crippen molar-refractivity contribution in [1.29, 1.82) is 0 Å². The molecule has 10 nitrogen and oxygen atoms in total. The van der Waals surface area contributed by atoms with E-state index in [-0.39, 0.29) is 11.5 Å². The van der Waals surface area contributed by atoms with E-state index in [9.17, 15) is 24.4 Å². The van der Waals surface area contributed by atoms with Gasteiger partial charge in [-0.3, -0.25) is 9.80 Å². The molecule has 12 heteroatoms. The number of rotatable bonds is 20. The molecule has 0 saturated heterocycles. The number of carbonyl (C=O) groups is 3. The highest BCUT2D eigenvalue weighted by atomic mass is 127. The predicted molar refractivity (Wildman–Crippen MR) is 245 cm³/mol. The number of aromatic hydroxyl groups is 1. The summed E-state index contributed by atoms with van der Waals surface area (Å²) in [6.45, 7) is 16.5. The molecule has 3 aromatic carbocycles. The number of halogens is 2. The Morgan fingerprint density at radius 2 is 1.23 bits per heavy atom. The SMILES string of the molecule is CCCCC(CC)COC(=O)c1ccccc1C(=O)OCC(CC)CCCC.CCN(CC)N=O.CCc1oc2ccccc2c1C(=O)c1cc(I)c(O)c(I)c1. The lowest BCUT2D eigenvalue weighted by Gasteiger charge is -2.17. The van der Waals surface area contributed by atoms with Gasteiger partial charge in [0.05, 0.1) is 42.3 Å². The molecule has 0 bridgehead atoms. The van der Waals surface area contributed by atoms with Gasteiger partial charge in [-0.2, -0.15) is 0 Å². The largest absolute Gasteiger partial charge is 0.506 e. The predicted octanol–water partition coefficient (Wildman–Crippen LogP) is 12.6. The second-order valence-electron chi connectivity index (χ2n) is 13.7. The first-order valence-electron chi connectivity index (χ1n) is 20.2. The molecular formula is C45H60I2N2O8. The molecule has 0 aliphatic carbocycles. The number of hydrogen-bond acceptors (Lipinski definition) is 9. The third-order valence-electron chi connectivity index (χ3n) is 9.69. The molecule has 4 aromatic rings. The van der Waals surface area contributed by atoms with Gasteiger partial charge in [-0.05, 0) is 114 Å². The summed E-state index contributed by atoms with van der Waals surface area (Å²) in [6, 6.07) is 17.8. The monoisotopic (exact) mass is 1010 g/mol. The van der Waals surface area contributed by atoms with Crippen molar-refractivity contribution in [1.82, 2.24) is 5.01 Å². The first-order valence-corrected chi connectivity index (χ1v) is 22.3. The van der Waals surface area contributed by atoms with Gasteiger partial charge in [-0.15, -0.1) is 4.91 Å². The standard InChI is InChI=1S/C24H38O4.C17H12I2O3.C4H10N2O/c1-5-9-13-19(7-3)17-27-23(25)21-15-11-12-16-22(21)24(26)28-18-20(8-4)14-10-6-2;1-2-13-15(10-5-3-4-6-14(10)22-13)16(20)9-7-11(18)17(21)12(19)8-9;1-3-6(4-2)5-7/h11-12,15-16,19-20H,5-10,13-14,17-18H2,1-4H3;3-8,21H,2H2,1H3;3-4H2,1-2H3. The third kappa shape index (κ3) is 15.6. The molecule has 0 amide bonds. The first kappa shape index (κ1) is 49.6. The van der Waals surface area contributed by atoms with E-state index in [4.69, 9.17) is 13.9 Å². The van der Waals surface area contributed by atoms with E-state index >= 15 is 0 Å². The molecule has 0 fully saturated rings. The van der Waals surface area contributed by atoms with E-state index in [1.54, 1.807) is 36.4 Å². The van der Waals surface area contributed by atoms with Gasteiger partial charge in [-0.25, -0.2) is 9.59 Å². The van der Waals surface area contributed by atoms with Crippen LogP contribution in [0.3, 0.4) is 0 Å². The second kappa shape index (κ2) is 27.2. The van der Waals surface area contributed by atoms with Gasteiger partial charge in [0.1, 0.15) is 17.1 Å². The van der Waals surface area contributed by atoms with Crippen molar-refractivity contribution in [3.63, 3.8) is 0 Å². The number of unbranched alkanes of at least 4 members (excludes halogenated alkanes) is 2. The molecule has 312 valence electrons. The summed E-state index contributed by atoms with van der Waals surface area (Å²) in [5.74, 6) is 0.687. The van der Waals surface area contributed by atoms with Crippen LogP contribution in [-0.4, -0.2) is 54.1 Å². The van der Waals surface area contributed by atoms with Crippen molar-refractivity contribution >= 4 is 73.9 Å². The molecule has 2 atom stereocenters. The Morgan fingerprint density at radius 3 is 1.63 bits per heavy atom. The third-order valence-corrected chi connectivity index (χ3v) is 11.3. The van der Waals surface area contributed by atoms with E-state index < -0.39 is 11.9 Å². The normalized spacial score (nSPS) is 11.7. The first-order chi connectivity index (χ1) is 27.4. The van der Waals surface area contributed by atoms with Crippen molar-refractivity contribution in [2.75, 3.05) is 26.3 Å². The van der Waals surface area contributed by atoms with E-state index in [2.05, 4.69) is 33.0 Å². The average Bonchev–Trinajstić information content (AvgIpc) is 3.62. The lowest BCUT2D eigenvalue weighted by atomic mass is 9.99. The fourth-order valence-corrected chi connectivity index (χ4v) is 7.72. The van der Waals surface area contributed by atoms with Crippen LogP contribution in [0.4, 0.5) is 0 Å². The molecule has 1 aromatic heterocycles. The van der Waals surface area contributed by atoms with Gasteiger partial charge < -0.3 is 19.0 Å². The number of benzene rings is 3. The Hall–Kier alpha value is -3.53. The van der Waals surface area contributed by atoms with E-state index in [0.717, 1.165) is 62.3 Å². The van der Waals surface area contributed by atoms with Crippen LogP contribution in [0.5, 0.6) is 5.75 Å². The molecule has 1 N–H and O–H groups in total. The summed E-state index contributed by atoms with van der Waals surface area (Å²) >= 11 is 4.06. The summed E-state index contributed by atoms with van der Waals surface area (Å²) in [6.07, 6.45) is 9.26. The molecule has 0 aliphatic heterocycles. The number of para-hydroxylation sites is 1. The summed E-state index contributed by atoms with van der Waals surface area (Å²) in [4.78, 5) is 47.8. The number of nitrogens with zero attached hydrogens (tertiary/aromatic N) is 2. The molecule has 0 radical (unpaired) electrons. The highest BCUT2D eigenvalue weighted by Crippen LogP contribution is 2.32. The number of fused-ring (bicyclic) bond motifs is 1. The summed E-state index contributed by atoms with van der Waals surface area (Å²) in [5.41, 5.74) is 2.49. The Labute approximate surface area is 366 Å². The Balaban J connectivity index is 0.000000342. The van der Waals surface area contributed by atoms with Crippen LogP contribution >= 0.6 is 45.2 Å². The Morgan fingerprint density at radius 1 is 0.754 bits per heavy atom. The van der Waals surface area contributed by atoms with Crippen LogP contribution in [0.15, 0.2) is 70.4 Å². The molecule has 57 heavy (non-hydrogen) atoms. The van der Waals surface area contributed by atoms with Gasteiger partial charge >= 0.3 is 11.9 Å². The minimum absolute atomic E-state index is 0.0716. The Kier molecular flexibility index (Phi) is 23.7. The number of phenolic OH excluding ortho intramolecular Hbond substituents is 1. The van der Waals surface area contributed by atoms with Crippen LogP contribution < -0.4 is 0 Å². The van der Waals surface area contributed by atoms with Crippen LogP contribution in [0.2, 0.25) is 0 Å². The molecule has 4 rings (SSSR count). The van der Waals surface area contributed by atoms with Crippen molar-refractivity contribution in [2.24, 2.45) is 17.1 Å². The topological polar surface area (TPSA) is 136 Å². The van der Waals surface area contributed by atoms with Gasteiger partial charge in [-0.1, -0.05) is 103 Å². The number of furan rings is 1.